The van der Waals surface area contributed by atoms with Crippen molar-refractivity contribution < 1.29 is 17.7 Å². The van der Waals surface area contributed by atoms with E-state index >= 15 is 0 Å². The molecule has 0 bridgehead atoms. The summed E-state index contributed by atoms with van der Waals surface area (Å²) in [7, 11) is -3.69. The maximum absolute atomic E-state index is 12.0. The molecule has 4 nitrogen and oxygen atoms in total. The maximum atomic E-state index is 12.0. The molecule has 0 saturated heterocycles. The van der Waals surface area contributed by atoms with Crippen LogP contribution in [0.25, 0.3) is 0 Å². The molecule has 5 heteroatoms. The van der Waals surface area contributed by atoms with Crippen LogP contribution in [-0.4, -0.2) is 26.2 Å². The zero-order chi connectivity index (χ0) is 18.2. The van der Waals surface area contributed by atoms with Crippen LogP contribution in [0.3, 0.4) is 0 Å². The fourth-order valence-corrected chi connectivity index (χ4v) is 3.20. The highest BCUT2D eigenvalue weighted by atomic mass is 32.2. The van der Waals surface area contributed by atoms with Gasteiger partial charge in [0.25, 0.3) is 10.1 Å². The third-order valence-corrected chi connectivity index (χ3v) is 4.96. The molecular weight excluding hydrogens is 324 g/mol. The van der Waals surface area contributed by atoms with Crippen molar-refractivity contribution in [2.75, 3.05) is 6.61 Å². The fraction of sp³-hybridized carbons (Fsp3) is 0.474. The van der Waals surface area contributed by atoms with Crippen molar-refractivity contribution in [2.24, 2.45) is 5.92 Å². The number of aliphatic hydroxyl groups excluding tert-OH is 1. The van der Waals surface area contributed by atoms with Crippen molar-refractivity contribution in [1.82, 2.24) is 0 Å². The first-order valence-corrected chi connectivity index (χ1v) is 9.59. The van der Waals surface area contributed by atoms with Gasteiger partial charge in [-0.3, -0.25) is 4.18 Å². The van der Waals surface area contributed by atoms with Crippen LogP contribution in [-0.2, 0) is 14.3 Å². The van der Waals surface area contributed by atoms with E-state index < -0.39 is 16.2 Å². The van der Waals surface area contributed by atoms with Crippen LogP contribution in [0.15, 0.2) is 53.5 Å². The zero-order valence-corrected chi connectivity index (χ0v) is 15.6. The van der Waals surface area contributed by atoms with Gasteiger partial charge in [0.2, 0.25) is 0 Å². The van der Waals surface area contributed by atoms with Crippen LogP contribution in [0.1, 0.15) is 38.7 Å². The predicted octanol–water partition coefficient (Wildman–Crippen LogP) is 4.00. The van der Waals surface area contributed by atoms with Gasteiger partial charge in [-0.05, 0) is 51.2 Å². The van der Waals surface area contributed by atoms with E-state index in [0.717, 1.165) is 17.6 Å². The number of aryl methyl sites for hydroxylation is 1. The van der Waals surface area contributed by atoms with E-state index in [1.165, 1.54) is 0 Å². The molecule has 2 atom stereocenters. The Labute approximate surface area is 146 Å². The minimum absolute atomic E-state index is 0.151. The van der Waals surface area contributed by atoms with E-state index in [2.05, 4.69) is 6.58 Å². The molecule has 2 unspecified atom stereocenters. The Morgan fingerprint density at radius 1 is 1.33 bits per heavy atom. The number of hydrogen-bond acceptors (Lipinski definition) is 4. The summed E-state index contributed by atoms with van der Waals surface area (Å²) in [6.45, 7) is 9.71. The quantitative estimate of drug-likeness (QED) is 0.393. The van der Waals surface area contributed by atoms with Crippen LogP contribution < -0.4 is 0 Å². The Hall–Kier alpha value is -1.43. The summed E-state index contributed by atoms with van der Waals surface area (Å²) in [6.07, 6.45) is 5.08. The van der Waals surface area contributed by atoms with Crippen LogP contribution in [0, 0.1) is 12.8 Å². The molecule has 1 N–H and O–H groups in total. The van der Waals surface area contributed by atoms with Crippen molar-refractivity contribution in [2.45, 2.75) is 51.0 Å². The first kappa shape index (κ1) is 20.6. The van der Waals surface area contributed by atoms with Gasteiger partial charge in [-0.2, -0.15) is 8.42 Å². The molecule has 0 aliphatic rings. The molecular formula is C19H28O4S. The first-order chi connectivity index (χ1) is 11.2. The van der Waals surface area contributed by atoms with Crippen molar-refractivity contribution in [3.05, 3.63) is 54.1 Å². The third kappa shape index (κ3) is 7.90. The van der Waals surface area contributed by atoms with Gasteiger partial charge in [0.05, 0.1) is 17.6 Å². The van der Waals surface area contributed by atoms with Gasteiger partial charge >= 0.3 is 0 Å². The number of aliphatic hydroxyl groups is 1. The molecule has 0 aliphatic heterocycles. The zero-order valence-electron chi connectivity index (χ0n) is 14.7. The highest BCUT2D eigenvalue weighted by Gasteiger charge is 2.15. The topological polar surface area (TPSA) is 63.6 Å². The van der Waals surface area contributed by atoms with Gasteiger partial charge in [0.1, 0.15) is 0 Å². The van der Waals surface area contributed by atoms with Crippen molar-refractivity contribution in [3.63, 3.8) is 0 Å². The van der Waals surface area contributed by atoms with Crippen LogP contribution in [0.2, 0.25) is 0 Å². The lowest BCUT2D eigenvalue weighted by Gasteiger charge is -2.14. The van der Waals surface area contributed by atoms with Crippen LogP contribution in [0.5, 0.6) is 0 Å². The maximum Gasteiger partial charge on any atom is 0.296 e. The second kappa shape index (κ2) is 9.77. The Morgan fingerprint density at radius 3 is 2.54 bits per heavy atom. The average molecular weight is 352 g/mol. The number of hydrogen-bond donors (Lipinski definition) is 1. The molecule has 0 saturated carbocycles. The van der Waals surface area contributed by atoms with Gasteiger partial charge in [0, 0.05) is 0 Å². The summed E-state index contributed by atoms with van der Waals surface area (Å²) >= 11 is 0. The summed E-state index contributed by atoms with van der Waals surface area (Å²) < 4.78 is 29.1. The molecule has 0 aliphatic carbocycles. The number of benzene rings is 1. The third-order valence-electron chi connectivity index (χ3n) is 3.64. The highest BCUT2D eigenvalue weighted by Crippen LogP contribution is 2.17. The second-order valence-electron chi connectivity index (χ2n) is 6.35. The molecule has 0 aromatic heterocycles. The van der Waals surface area contributed by atoms with E-state index in [-0.39, 0.29) is 17.4 Å². The Kier molecular flexibility index (Phi) is 8.39. The van der Waals surface area contributed by atoms with E-state index in [9.17, 15) is 13.5 Å². The highest BCUT2D eigenvalue weighted by molar-refractivity contribution is 7.86. The van der Waals surface area contributed by atoms with Gasteiger partial charge in [-0.1, -0.05) is 48.9 Å². The van der Waals surface area contributed by atoms with Crippen LogP contribution in [0.4, 0.5) is 0 Å². The summed E-state index contributed by atoms with van der Waals surface area (Å²) in [5.41, 5.74) is 1.90. The summed E-state index contributed by atoms with van der Waals surface area (Å²) in [5.74, 6) is 0.278. The summed E-state index contributed by atoms with van der Waals surface area (Å²) in [5, 5.41) is 9.87. The Morgan fingerprint density at radius 2 is 1.96 bits per heavy atom. The standard InChI is InChI=1S/C19H28O4S/c1-15(2)7-10-18(20)14-17(4)6-5-13-23-24(21,22)19-11-8-16(3)9-12-19/h7-12,17-18,20H,1,5-6,13-14H2,2-4H3. The Balaban J connectivity index is 2.34. The Bertz CT molecular complexity index is 644. The number of allylic oxidation sites excluding steroid dienone is 2. The number of rotatable bonds is 10. The van der Waals surface area contributed by atoms with E-state index in [4.69, 9.17) is 4.18 Å². The fourth-order valence-electron chi connectivity index (χ4n) is 2.26. The molecule has 1 aromatic carbocycles. The van der Waals surface area contributed by atoms with Crippen molar-refractivity contribution in [3.8, 4) is 0 Å². The lowest BCUT2D eigenvalue weighted by Crippen LogP contribution is -2.11. The van der Waals surface area contributed by atoms with Gasteiger partial charge in [-0.25, -0.2) is 0 Å². The van der Waals surface area contributed by atoms with Gasteiger partial charge in [0.15, 0.2) is 0 Å². The monoisotopic (exact) mass is 352 g/mol. The lowest BCUT2D eigenvalue weighted by molar-refractivity contribution is 0.184. The molecule has 0 radical (unpaired) electrons. The van der Waals surface area contributed by atoms with E-state index in [0.29, 0.717) is 12.8 Å². The first-order valence-electron chi connectivity index (χ1n) is 8.18. The smallest absolute Gasteiger partial charge is 0.296 e. The molecule has 0 amide bonds. The van der Waals surface area contributed by atoms with Crippen molar-refractivity contribution >= 4 is 10.1 Å². The molecule has 1 aromatic rings. The van der Waals surface area contributed by atoms with Crippen LogP contribution >= 0.6 is 0 Å². The average Bonchev–Trinajstić information content (AvgIpc) is 2.50. The molecule has 0 spiro atoms. The van der Waals surface area contributed by atoms with E-state index in [1.807, 2.05) is 20.8 Å². The minimum Gasteiger partial charge on any atom is -0.389 e. The van der Waals surface area contributed by atoms with Gasteiger partial charge < -0.3 is 5.11 Å². The lowest BCUT2D eigenvalue weighted by atomic mass is 9.98. The predicted molar refractivity (Wildman–Crippen MR) is 97.3 cm³/mol. The SMILES string of the molecule is C=C(C)C=CC(O)CC(C)CCCOS(=O)(=O)c1ccc(C)cc1. The summed E-state index contributed by atoms with van der Waals surface area (Å²) in [4.78, 5) is 0.182. The molecule has 24 heavy (non-hydrogen) atoms. The summed E-state index contributed by atoms with van der Waals surface area (Å²) in [6, 6.07) is 6.60. The normalized spacial score (nSPS) is 14.7. The molecule has 0 fully saturated rings. The molecule has 0 heterocycles. The minimum atomic E-state index is -3.69. The second-order valence-corrected chi connectivity index (χ2v) is 7.96. The van der Waals surface area contributed by atoms with E-state index in [1.54, 1.807) is 36.4 Å². The molecule has 134 valence electrons. The largest absolute Gasteiger partial charge is 0.389 e. The molecule has 1 rings (SSSR count). The van der Waals surface area contributed by atoms with Crippen molar-refractivity contribution in [1.29, 1.82) is 0 Å². The van der Waals surface area contributed by atoms with Gasteiger partial charge in [-0.15, -0.1) is 0 Å².